The minimum Gasteiger partial charge on any atom is -0.378 e. The van der Waals surface area contributed by atoms with Crippen LogP contribution >= 0.6 is 22.6 Å². The number of benzene rings is 2. The lowest BCUT2D eigenvalue weighted by molar-refractivity contribution is -0.113. The molecule has 4 rings (SSSR count). The third-order valence-electron chi connectivity index (χ3n) is 5.12. The van der Waals surface area contributed by atoms with Crippen molar-refractivity contribution in [1.29, 1.82) is 0 Å². The van der Waals surface area contributed by atoms with Gasteiger partial charge in [-0.2, -0.15) is 0 Å². The molecule has 6 heteroatoms. The van der Waals surface area contributed by atoms with E-state index < -0.39 is 0 Å². The number of fused-ring (bicyclic) bond motifs is 1. The number of anilines is 1. The number of amides is 1. The molecule has 2 atom stereocenters. The van der Waals surface area contributed by atoms with Crippen LogP contribution in [0.4, 0.5) is 11.4 Å². The van der Waals surface area contributed by atoms with E-state index >= 15 is 0 Å². The van der Waals surface area contributed by atoms with Gasteiger partial charge in [-0.3, -0.25) is 14.6 Å². The van der Waals surface area contributed by atoms with Crippen LogP contribution in [0.3, 0.4) is 0 Å². The number of halogens is 1. The molecule has 27 heavy (non-hydrogen) atoms. The van der Waals surface area contributed by atoms with Crippen LogP contribution in [0.2, 0.25) is 0 Å². The Kier molecular flexibility index (Phi) is 5.29. The van der Waals surface area contributed by atoms with Gasteiger partial charge in [0, 0.05) is 21.2 Å². The zero-order valence-corrected chi connectivity index (χ0v) is 17.6. The first kappa shape index (κ1) is 18.6. The standard InChI is InChI=1S/C21H22IN3O2/c1-14-11-27-12-15(2)24(14)13-25-19-6-4-3-5-18(19)20(21(25)26)23-17-9-7-16(22)8-10-17/h3-10,14-15H,11-13H2,1-2H3/t14-,15+. The molecule has 2 aromatic carbocycles. The number of para-hydroxylation sites is 1. The third kappa shape index (κ3) is 3.66. The van der Waals surface area contributed by atoms with Crippen molar-refractivity contribution < 1.29 is 9.53 Å². The van der Waals surface area contributed by atoms with Crippen molar-refractivity contribution in [2.45, 2.75) is 25.9 Å². The normalized spacial score (nSPS) is 24.5. The predicted molar refractivity (Wildman–Crippen MR) is 116 cm³/mol. The lowest BCUT2D eigenvalue weighted by Crippen LogP contribution is -2.54. The predicted octanol–water partition coefficient (Wildman–Crippen LogP) is 3.83. The summed E-state index contributed by atoms with van der Waals surface area (Å²) in [4.78, 5) is 22.1. The van der Waals surface area contributed by atoms with Crippen LogP contribution in [0.15, 0.2) is 53.5 Å². The SMILES string of the molecule is C[C@@H]1COC[C@H](C)N1CN1C(=O)C(=Nc2ccc(I)cc2)c2ccccc21. The summed E-state index contributed by atoms with van der Waals surface area (Å²) in [6.45, 7) is 6.22. The molecule has 0 radical (unpaired) electrons. The van der Waals surface area contributed by atoms with E-state index in [1.807, 2.05) is 53.4 Å². The maximum atomic E-state index is 13.3. The Morgan fingerprint density at radius 1 is 1.07 bits per heavy atom. The highest BCUT2D eigenvalue weighted by atomic mass is 127. The smallest absolute Gasteiger partial charge is 0.278 e. The molecule has 1 amide bonds. The summed E-state index contributed by atoms with van der Waals surface area (Å²) in [6.07, 6.45) is 0. The minimum absolute atomic E-state index is 0.0411. The molecule has 0 aliphatic carbocycles. The van der Waals surface area contributed by atoms with Crippen LogP contribution in [0.5, 0.6) is 0 Å². The zero-order chi connectivity index (χ0) is 19.0. The van der Waals surface area contributed by atoms with Crippen molar-refractivity contribution in [2.24, 2.45) is 4.99 Å². The van der Waals surface area contributed by atoms with Gasteiger partial charge in [0.05, 0.1) is 31.3 Å². The Morgan fingerprint density at radius 2 is 1.74 bits per heavy atom. The van der Waals surface area contributed by atoms with Crippen LogP contribution in [0.25, 0.3) is 0 Å². The quantitative estimate of drug-likeness (QED) is 0.635. The fourth-order valence-corrected chi connectivity index (χ4v) is 3.99. The van der Waals surface area contributed by atoms with E-state index in [2.05, 4.69) is 46.3 Å². The number of hydrogen-bond donors (Lipinski definition) is 0. The average Bonchev–Trinajstić information content (AvgIpc) is 2.92. The second kappa shape index (κ2) is 7.69. The minimum atomic E-state index is -0.0411. The average molecular weight is 475 g/mol. The number of morpholine rings is 1. The van der Waals surface area contributed by atoms with Gasteiger partial charge >= 0.3 is 0 Å². The van der Waals surface area contributed by atoms with Crippen LogP contribution in [-0.4, -0.2) is 48.5 Å². The number of hydrogen-bond acceptors (Lipinski definition) is 4. The molecule has 0 spiro atoms. The van der Waals surface area contributed by atoms with Gasteiger partial charge in [-0.15, -0.1) is 0 Å². The highest BCUT2D eigenvalue weighted by Crippen LogP contribution is 2.32. The molecular weight excluding hydrogens is 453 g/mol. The van der Waals surface area contributed by atoms with Gasteiger partial charge in [-0.05, 0) is 66.8 Å². The Balaban J connectivity index is 1.68. The first-order valence-electron chi connectivity index (χ1n) is 9.13. The highest BCUT2D eigenvalue weighted by Gasteiger charge is 2.37. The number of nitrogens with zero attached hydrogens (tertiary/aromatic N) is 3. The fourth-order valence-electron chi connectivity index (χ4n) is 3.63. The maximum absolute atomic E-state index is 13.3. The first-order valence-corrected chi connectivity index (χ1v) is 10.2. The second-order valence-corrected chi connectivity index (χ2v) is 8.32. The van der Waals surface area contributed by atoms with Crippen molar-refractivity contribution in [3.8, 4) is 0 Å². The van der Waals surface area contributed by atoms with Crippen LogP contribution in [0.1, 0.15) is 19.4 Å². The van der Waals surface area contributed by atoms with E-state index in [1.165, 1.54) is 0 Å². The lowest BCUT2D eigenvalue weighted by Gasteiger charge is -2.40. The fraction of sp³-hybridized carbons (Fsp3) is 0.333. The molecule has 5 nitrogen and oxygen atoms in total. The molecule has 2 aromatic rings. The van der Waals surface area contributed by atoms with Gasteiger partial charge in [-0.25, -0.2) is 4.99 Å². The molecule has 0 N–H and O–H groups in total. The molecule has 0 bridgehead atoms. The molecule has 2 heterocycles. The highest BCUT2D eigenvalue weighted by molar-refractivity contribution is 14.1. The van der Waals surface area contributed by atoms with Crippen molar-refractivity contribution >= 4 is 45.6 Å². The molecule has 0 unspecified atom stereocenters. The molecule has 140 valence electrons. The van der Waals surface area contributed by atoms with Crippen molar-refractivity contribution in [2.75, 3.05) is 24.8 Å². The van der Waals surface area contributed by atoms with Gasteiger partial charge in [0.25, 0.3) is 5.91 Å². The first-order chi connectivity index (χ1) is 13.0. The molecule has 1 fully saturated rings. The zero-order valence-electron chi connectivity index (χ0n) is 15.4. The monoisotopic (exact) mass is 475 g/mol. The van der Waals surface area contributed by atoms with E-state index in [-0.39, 0.29) is 18.0 Å². The van der Waals surface area contributed by atoms with Crippen molar-refractivity contribution in [3.63, 3.8) is 0 Å². The van der Waals surface area contributed by atoms with Crippen molar-refractivity contribution in [3.05, 3.63) is 57.7 Å². The van der Waals surface area contributed by atoms with E-state index in [0.717, 1.165) is 20.5 Å². The molecule has 2 aliphatic heterocycles. The van der Waals surface area contributed by atoms with Gasteiger partial charge in [-0.1, -0.05) is 18.2 Å². The van der Waals surface area contributed by atoms with Crippen LogP contribution < -0.4 is 4.90 Å². The lowest BCUT2D eigenvalue weighted by atomic mass is 10.1. The number of carbonyl (C=O) groups excluding carboxylic acids is 1. The van der Waals surface area contributed by atoms with Gasteiger partial charge in [0.2, 0.25) is 0 Å². The Morgan fingerprint density at radius 3 is 2.44 bits per heavy atom. The van der Waals surface area contributed by atoms with Crippen LogP contribution in [0, 0.1) is 3.57 Å². The summed E-state index contributed by atoms with van der Waals surface area (Å²) in [6, 6.07) is 16.3. The number of ether oxygens (including phenoxy) is 1. The van der Waals surface area contributed by atoms with Gasteiger partial charge < -0.3 is 4.74 Å². The Labute approximate surface area is 173 Å². The van der Waals surface area contributed by atoms with E-state index in [9.17, 15) is 4.79 Å². The summed E-state index contributed by atoms with van der Waals surface area (Å²) >= 11 is 2.26. The topological polar surface area (TPSA) is 45.1 Å². The van der Waals surface area contributed by atoms with Crippen LogP contribution in [-0.2, 0) is 9.53 Å². The molecule has 0 aromatic heterocycles. The molecule has 0 saturated carbocycles. The number of rotatable bonds is 3. The Hall–Kier alpha value is -1.77. The molecular formula is C21H22IN3O2. The summed E-state index contributed by atoms with van der Waals surface area (Å²) in [7, 11) is 0. The second-order valence-electron chi connectivity index (χ2n) is 7.08. The molecule has 1 saturated heterocycles. The summed E-state index contributed by atoms with van der Waals surface area (Å²) in [5.74, 6) is -0.0411. The largest absolute Gasteiger partial charge is 0.378 e. The van der Waals surface area contributed by atoms with E-state index in [4.69, 9.17) is 4.74 Å². The number of aliphatic imine (C=N–C) groups is 1. The van der Waals surface area contributed by atoms with E-state index in [1.54, 1.807) is 0 Å². The molecule has 2 aliphatic rings. The van der Waals surface area contributed by atoms with Crippen molar-refractivity contribution in [1.82, 2.24) is 4.90 Å². The summed E-state index contributed by atoms with van der Waals surface area (Å²) < 4.78 is 6.77. The van der Waals surface area contributed by atoms with E-state index in [0.29, 0.717) is 25.6 Å². The van der Waals surface area contributed by atoms with Gasteiger partial charge in [0.15, 0.2) is 0 Å². The van der Waals surface area contributed by atoms with Gasteiger partial charge in [0.1, 0.15) is 5.71 Å². The third-order valence-corrected chi connectivity index (χ3v) is 5.84. The maximum Gasteiger partial charge on any atom is 0.278 e. The number of carbonyl (C=O) groups is 1. The summed E-state index contributed by atoms with van der Waals surface area (Å²) in [5.41, 5.74) is 3.14. The Bertz CT molecular complexity index is 871. The summed E-state index contributed by atoms with van der Waals surface area (Å²) in [5, 5.41) is 0.